The third-order valence-corrected chi connectivity index (χ3v) is 2.52. The van der Waals surface area contributed by atoms with Crippen LogP contribution in [-0.4, -0.2) is 29.4 Å². The zero-order valence-corrected chi connectivity index (χ0v) is 10.7. The third kappa shape index (κ3) is 3.31. The normalized spacial score (nSPS) is 11.6. The van der Waals surface area contributed by atoms with Crippen LogP contribution >= 0.6 is 15.9 Å². The topological polar surface area (TPSA) is 57.0 Å². The maximum absolute atomic E-state index is 11.9. The molecule has 0 N–H and O–H groups in total. The minimum absolute atomic E-state index is 0.106. The third-order valence-electron chi connectivity index (χ3n) is 2.09. The second-order valence-electron chi connectivity index (χ2n) is 3.58. The molecular weight excluding hydrogens is 270 g/mol. The maximum atomic E-state index is 11.9. The summed E-state index contributed by atoms with van der Waals surface area (Å²) < 4.78 is 0.625. The molecule has 0 aliphatic carbocycles. The predicted molar refractivity (Wildman–Crippen MR) is 63.7 cm³/mol. The van der Waals surface area contributed by atoms with Gasteiger partial charge in [0.15, 0.2) is 0 Å². The molecule has 0 saturated carbocycles. The molecule has 1 heterocycles. The Kier molecular flexibility index (Phi) is 4.44. The van der Waals surface area contributed by atoms with Gasteiger partial charge in [-0.3, -0.25) is 4.79 Å². The van der Waals surface area contributed by atoms with Gasteiger partial charge in [0, 0.05) is 25.4 Å². The average molecular weight is 282 g/mol. The van der Waals surface area contributed by atoms with E-state index < -0.39 is 0 Å². The number of rotatable bonds is 3. The lowest BCUT2D eigenvalue weighted by Gasteiger charge is -2.18. The van der Waals surface area contributed by atoms with Gasteiger partial charge in [-0.25, -0.2) is 4.98 Å². The Balaban J connectivity index is 2.75. The summed E-state index contributed by atoms with van der Waals surface area (Å²) in [6, 6.07) is 5.41. The summed E-state index contributed by atoms with van der Waals surface area (Å²) in [6.45, 7) is 2.21. The summed E-state index contributed by atoms with van der Waals surface area (Å²) in [6.07, 6.45) is 1.57. The predicted octanol–water partition coefficient (Wildman–Crippen LogP) is 2.08. The van der Waals surface area contributed by atoms with Crippen molar-refractivity contribution in [3.05, 3.63) is 28.5 Å². The molecule has 0 saturated heterocycles. The number of amides is 1. The first kappa shape index (κ1) is 12.7. The summed E-state index contributed by atoms with van der Waals surface area (Å²) in [5.74, 6) is -0.274. The van der Waals surface area contributed by atoms with Crippen molar-refractivity contribution >= 4 is 21.8 Å². The van der Waals surface area contributed by atoms with Crippen molar-refractivity contribution in [1.29, 1.82) is 5.26 Å². The lowest BCUT2D eigenvalue weighted by atomic mass is 10.2. The Morgan fingerprint density at radius 2 is 2.44 bits per heavy atom. The van der Waals surface area contributed by atoms with E-state index in [4.69, 9.17) is 5.26 Å². The monoisotopic (exact) mass is 281 g/mol. The number of pyridine rings is 1. The highest BCUT2D eigenvalue weighted by molar-refractivity contribution is 9.10. The van der Waals surface area contributed by atoms with Gasteiger partial charge in [-0.1, -0.05) is 0 Å². The van der Waals surface area contributed by atoms with Gasteiger partial charge in [-0.2, -0.15) is 5.26 Å². The minimum atomic E-state index is -0.167. The van der Waals surface area contributed by atoms with Gasteiger partial charge < -0.3 is 4.90 Å². The fraction of sp³-hybridized carbons (Fsp3) is 0.364. The van der Waals surface area contributed by atoms with E-state index in [1.54, 1.807) is 32.3 Å². The van der Waals surface area contributed by atoms with E-state index in [1.807, 2.05) is 0 Å². The fourth-order valence-corrected chi connectivity index (χ4v) is 1.66. The molecular formula is C11H12BrN3O. The largest absolute Gasteiger partial charge is 0.340 e. The number of aromatic nitrogens is 1. The van der Waals surface area contributed by atoms with Crippen molar-refractivity contribution < 1.29 is 4.79 Å². The zero-order chi connectivity index (χ0) is 12.1. The highest BCUT2D eigenvalue weighted by Gasteiger charge is 2.14. The van der Waals surface area contributed by atoms with E-state index in [9.17, 15) is 4.79 Å². The molecule has 0 fully saturated rings. The highest BCUT2D eigenvalue weighted by Crippen LogP contribution is 2.10. The lowest BCUT2D eigenvalue weighted by molar-refractivity contribution is 0.0785. The lowest BCUT2D eigenvalue weighted by Crippen LogP contribution is -2.30. The van der Waals surface area contributed by atoms with Crippen LogP contribution in [0.15, 0.2) is 22.9 Å². The van der Waals surface area contributed by atoms with Crippen molar-refractivity contribution in [2.45, 2.75) is 6.92 Å². The van der Waals surface area contributed by atoms with Crippen molar-refractivity contribution in [2.24, 2.45) is 5.92 Å². The number of halogens is 1. The molecule has 0 aliphatic heterocycles. The summed E-state index contributed by atoms with van der Waals surface area (Å²) in [5, 5.41) is 8.67. The van der Waals surface area contributed by atoms with Crippen LogP contribution in [0, 0.1) is 17.2 Å². The molecule has 4 nitrogen and oxygen atoms in total. The van der Waals surface area contributed by atoms with Crippen molar-refractivity contribution in [3.63, 3.8) is 0 Å². The van der Waals surface area contributed by atoms with Crippen LogP contribution in [0.5, 0.6) is 0 Å². The Bertz CT molecular complexity index is 427. The van der Waals surface area contributed by atoms with Crippen molar-refractivity contribution in [1.82, 2.24) is 9.88 Å². The molecule has 5 heteroatoms. The van der Waals surface area contributed by atoms with Gasteiger partial charge in [-0.05, 0) is 35.0 Å². The number of hydrogen-bond acceptors (Lipinski definition) is 3. The quantitative estimate of drug-likeness (QED) is 0.797. The van der Waals surface area contributed by atoms with E-state index in [1.165, 1.54) is 4.90 Å². The Hall–Kier alpha value is -1.41. The van der Waals surface area contributed by atoms with Crippen LogP contribution in [0.4, 0.5) is 0 Å². The van der Waals surface area contributed by atoms with E-state index in [0.717, 1.165) is 0 Å². The van der Waals surface area contributed by atoms with Crippen LogP contribution < -0.4 is 0 Å². The van der Waals surface area contributed by atoms with E-state index in [0.29, 0.717) is 16.7 Å². The number of nitriles is 1. The molecule has 0 bridgehead atoms. The summed E-state index contributed by atoms with van der Waals surface area (Å²) in [7, 11) is 1.69. The van der Waals surface area contributed by atoms with Crippen LogP contribution in [0.3, 0.4) is 0 Å². The summed E-state index contributed by atoms with van der Waals surface area (Å²) in [5.41, 5.74) is 0.564. The SMILES string of the molecule is CC(C#N)CN(C)C(=O)c1ccnc(Br)c1. The van der Waals surface area contributed by atoms with Gasteiger partial charge in [0.2, 0.25) is 0 Å². The molecule has 0 radical (unpaired) electrons. The number of nitrogens with zero attached hydrogens (tertiary/aromatic N) is 3. The molecule has 16 heavy (non-hydrogen) atoms. The van der Waals surface area contributed by atoms with Crippen LogP contribution in [0.25, 0.3) is 0 Å². The molecule has 1 aromatic heterocycles. The zero-order valence-electron chi connectivity index (χ0n) is 9.14. The minimum Gasteiger partial charge on any atom is -0.340 e. The van der Waals surface area contributed by atoms with Crippen LogP contribution in [0.1, 0.15) is 17.3 Å². The highest BCUT2D eigenvalue weighted by atomic mass is 79.9. The van der Waals surface area contributed by atoms with Crippen LogP contribution in [-0.2, 0) is 0 Å². The number of carbonyl (C=O) groups is 1. The van der Waals surface area contributed by atoms with Crippen molar-refractivity contribution in [3.8, 4) is 6.07 Å². The first-order valence-corrected chi connectivity index (χ1v) is 5.60. The molecule has 1 rings (SSSR count). The van der Waals surface area contributed by atoms with E-state index >= 15 is 0 Å². The molecule has 1 unspecified atom stereocenters. The number of hydrogen-bond donors (Lipinski definition) is 0. The second kappa shape index (κ2) is 5.61. The first-order chi connectivity index (χ1) is 7.54. The van der Waals surface area contributed by atoms with Gasteiger partial charge in [0.1, 0.15) is 4.60 Å². The molecule has 0 aromatic carbocycles. The summed E-state index contributed by atoms with van der Waals surface area (Å²) >= 11 is 3.21. The Morgan fingerprint density at radius 1 is 1.75 bits per heavy atom. The first-order valence-electron chi connectivity index (χ1n) is 4.81. The molecule has 1 aromatic rings. The second-order valence-corrected chi connectivity index (χ2v) is 4.40. The maximum Gasteiger partial charge on any atom is 0.253 e. The summed E-state index contributed by atoms with van der Waals surface area (Å²) in [4.78, 5) is 17.4. The van der Waals surface area contributed by atoms with E-state index in [-0.39, 0.29) is 11.8 Å². The van der Waals surface area contributed by atoms with Gasteiger partial charge in [-0.15, -0.1) is 0 Å². The molecule has 84 valence electrons. The fourth-order valence-electron chi connectivity index (χ4n) is 1.29. The Labute approximate surface area is 103 Å². The van der Waals surface area contributed by atoms with Gasteiger partial charge >= 0.3 is 0 Å². The molecule has 1 atom stereocenters. The van der Waals surface area contributed by atoms with Gasteiger partial charge in [0.05, 0.1) is 12.0 Å². The van der Waals surface area contributed by atoms with Crippen LogP contribution in [0.2, 0.25) is 0 Å². The standard InChI is InChI=1S/C11H12BrN3O/c1-8(6-13)7-15(2)11(16)9-3-4-14-10(12)5-9/h3-5,8H,7H2,1-2H3. The molecule has 0 aliphatic rings. The van der Waals surface area contributed by atoms with Crippen molar-refractivity contribution in [2.75, 3.05) is 13.6 Å². The average Bonchev–Trinajstić information content (AvgIpc) is 2.27. The smallest absolute Gasteiger partial charge is 0.253 e. The Morgan fingerprint density at radius 3 is 3.00 bits per heavy atom. The molecule has 1 amide bonds. The number of carbonyl (C=O) groups excluding carboxylic acids is 1. The van der Waals surface area contributed by atoms with Gasteiger partial charge in [0.25, 0.3) is 5.91 Å². The molecule has 0 spiro atoms. The van der Waals surface area contributed by atoms with E-state index in [2.05, 4.69) is 27.0 Å².